The first-order valence-electron chi connectivity index (χ1n) is 4.79. The number of rotatable bonds is 0. The van der Waals surface area contributed by atoms with Crippen molar-refractivity contribution >= 4 is 0 Å². The van der Waals surface area contributed by atoms with Gasteiger partial charge in [0.1, 0.15) is 0 Å². The van der Waals surface area contributed by atoms with E-state index in [1.54, 1.807) is 0 Å². The van der Waals surface area contributed by atoms with E-state index in [9.17, 15) is 5.11 Å². The average molecular weight is 200 g/mol. The second-order valence-corrected chi connectivity index (χ2v) is 3.74. The number of aliphatic hydroxyl groups excluding tert-OH is 1. The molecule has 0 saturated carbocycles. The van der Waals surface area contributed by atoms with Gasteiger partial charge in [-0.15, -0.1) is 0 Å². The molecule has 14 heavy (non-hydrogen) atoms. The van der Waals surface area contributed by atoms with Gasteiger partial charge in [-0.2, -0.15) is 0 Å². The Bertz CT molecular complexity index is 236. The number of aliphatic hydroxyl groups is 1. The molecule has 2 aliphatic rings. The van der Waals surface area contributed by atoms with E-state index in [1.165, 1.54) is 0 Å². The second-order valence-electron chi connectivity index (χ2n) is 3.74. The Morgan fingerprint density at radius 2 is 2.43 bits per heavy atom. The molecule has 2 rings (SSSR count). The Kier molecular flexibility index (Phi) is 2.48. The van der Waals surface area contributed by atoms with Crippen LogP contribution < -0.4 is 10.6 Å². The third-order valence-electron chi connectivity index (χ3n) is 2.52. The van der Waals surface area contributed by atoms with Gasteiger partial charge in [0.25, 0.3) is 0 Å². The number of nitrogens with one attached hydrogen (secondary N) is 2. The van der Waals surface area contributed by atoms with Crippen LogP contribution in [0.25, 0.3) is 0 Å². The molecule has 1 spiro atoms. The van der Waals surface area contributed by atoms with Crippen molar-refractivity contribution in [2.45, 2.75) is 25.0 Å². The molecule has 5 heteroatoms. The van der Waals surface area contributed by atoms with E-state index in [4.69, 9.17) is 9.47 Å². The van der Waals surface area contributed by atoms with Gasteiger partial charge >= 0.3 is 0 Å². The topological polar surface area (TPSA) is 62.8 Å². The summed E-state index contributed by atoms with van der Waals surface area (Å²) in [7, 11) is 0. The van der Waals surface area contributed by atoms with Gasteiger partial charge in [0.05, 0.1) is 25.4 Å². The summed E-state index contributed by atoms with van der Waals surface area (Å²) in [5, 5.41) is 15.4. The predicted octanol–water partition coefficient (Wildman–Crippen LogP) is -0.857. The van der Waals surface area contributed by atoms with Crippen molar-refractivity contribution in [3.05, 3.63) is 12.3 Å². The number of morpholine rings is 1. The van der Waals surface area contributed by atoms with Gasteiger partial charge in [0, 0.05) is 12.2 Å². The summed E-state index contributed by atoms with van der Waals surface area (Å²) in [6.07, 6.45) is -0.545. The van der Waals surface area contributed by atoms with Crippen molar-refractivity contribution in [3.8, 4) is 0 Å². The lowest BCUT2D eigenvalue weighted by Crippen LogP contribution is -2.66. The van der Waals surface area contributed by atoms with E-state index in [2.05, 4.69) is 17.2 Å². The van der Waals surface area contributed by atoms with Crippen molar-refractivity contribution < 1.29 is 14.6 Å². The first kappa shape index (κ1) is 9.92. The van der Waals surface area contributed by atoms with Crippen molar-refractivity contribution in [1.82, 2.24) is 10.6 Å². The summed E-state index contributed by atoms with van der Waals surface area (Å²) in [4.78, 5) is 0. The SMILES string of the molecule is C=C1NCC2(NCC(O)CO2)OC1C. The van der Waals surface area contributed by atoms with Gasteiger partial charge in [0.15, 0.2) is 0 Å². The van der Waals surface area contributed by atoms with E-state index in [0.717, 1.165) is 5.70 Å². The van der Waals surface area contributed by atoms with E-state index < -0.39 is 12.0 Å². The van der Waals surface area contributed by atoms with E-state index in [-0.39, 0.29) is 6.10 Å². The Morgan fingerprint density at radius 3 is 3.00 bits per heavy atom. The number of ether oxygens (including phenoxy) is 2. The number of hydrogen-bond acceptors (Lipinski definition) is 5. The molecule has 2 fully saturated rings. The summed E-state index contributed by atoms with van der Waals surface area (Å²) in [6, 6.07) is 0. The van der Waals surface area contributed by atoms with Crippen molar-refractivity contribution in [2.24, 2.45) is 0 Å². The Morgan fingerprint density at radius 1 is 1.64 bits per heavy atom. The van der Waals surface area contributed by atoms with Crippen LogP contribution >= 0.6 is 0 Å². The molecule has 0 aromatic heterocycles. The van der Waals surface area contributed by atoms with Crippen molar-refractivity contribution in [2.75, 3.05) is 19.7 Å². The molecule has 3 unspecified atom stereocenters. The van der Waals surface area contributed by atoms with Crippen LogP contribution in [0.5, 0.6) is 0 Å². The third-order valence-corrected chi connectivity index (χ3v) is 2.52. The van der Waals surface area contributed by atoms with Crippen LogP contribution in [-0.4, -0.2) is 42.9 Å². The fourth-order valence-corrected chi connectivity index (χ4v) is 1.58. The fourth-order valence-electron chi connectivity index (χ4n) is 1.58. The normalized spacial score (nSPS) is 43.7. The van der Waals surface area contributed by atoms with Gasteiger partial charge in [-0.3, -0.25) is 5.32 Å². The smallest absolute Gasteiger partial charge is 0.246 e. The predicted molar refractivity (Wildman–Crippen MR) is 50.4 cm³/mol. The molecular weight excluding hydrogens is 184 g/mol. The van der Waals surface area contributed by atoms with Crippen molar-refractivity contribution in [3.63, 3.8) is 0 Å². The molecule has 0 aliphatic carbocycles. The highest BCUT2D eigenvalue weighted by Crippen LogP contribution is 2.22. The van der Waals surface area contributed by atoms with Crippen LogP contribution in [0.4, 0.5) is 0 Å². The lowest BCUT2D eigenvalue weighted by atomic mass is 10.2. The lowest BCUT2D eigenvalue weighted by molar-refractivity contribution is -0.301. The van der Waals surface area contributed by atoms with Crippen LogP contribution in [0.1, 0.15) is 6.92 Å². The first-order chi connectivity index (χ1) is 6.61. The van der Waals surface area contributed by atoms with Crippen LogP contribution in [0.15, 0.2) is 12.3 Å². The van der Waals surface area contributed by atoms with Gasteiger partial charge in [-0.25, -0.2) is 0 Å². The first-order valence-corrected chi connectivity index (χ1v) is 4.79. The highest BCUT2D eigenvalue weighted by Gasteiger charge is 2.41. The molecule has 5 nitrogen and oxygen atoms in total. The van der Waals surface area contributed by atoms with E-state index >= 15 is 0 Å². The molecule has 0 aromatic carbocycles. The fraction of sp³-hybridized carbons (Fsp3) is 0.778. The van der Waals surface area contributed by atoms with Gasteiger partial charge < -0.3 is 19.9 Å². The number of hydrogen-bond donors (Lipinski definition) is 3. The molecule has 80 valence electrons. The van der Waals surface area contributed by atoms with E-state index in [0.29, 0.717) is 19.7 Å². The molecule has 2 aliphatic heterocycles. The Hall–Kier alpha value is -0.620. The Balaban J connectivity index is 2.00. The molecule has 3 N–H and O–H groups in total. The maximum absolute atomic E-state index is 9.26. The third kappa shape index (κ3) is 1.76. The number of β-amino-alcohol motifs (C(OH)–C–C–N with tert-alkyl or cyclic N) is 1. The summed E-state index contributed by atoms with van der Waals surface area (Å²) in [5.74, 6) is -0.792. The minimum atomic E-state index is -0.792. The minimum Gasteiger partial charge on any atom is -0.389 e. The zero-order valence-electron chi connectivity index (χ0n) is 8.25. The van der Waals surface area contributed by atoms with Crippen molar-refractivity contribution in [1.29, 1.82) is 0 Å². The zero-order valence-corrected chi connectivity index (χ0v) is 8.25. The average Bonchev–Trinajstić information content (AvgIpc) is 2.18. The summed E-state index contributed by atoms with van der Waals surface area (Å²) in [6.45, 7) is 7.03. The molecule has 0 aromatic rings. The summed E-state index contributed by atoms with van der Waals surface area (Å²) >= 11 is 0. The zero-order chi connectivity index (χ0) is 10.2. The quantitative estimate of drug-likeness (QED) is 0.475. The Labute approximate surface area is 83.1 Å². The largest absolute Gasteiger partial charge is 0.389 e. The van der Waals surface area contributed by atoms with Crippen LogP contribution in [-0.2, 0) is 9.47 Å². The molecule has 2 heterocycles. The van der Waals surface area contributed by atoms with Crippen LogP contribution in [0.3, 0.4) is 0 Å². The molecule has 3 atom stereocenters. The molecular formula is C9H16N2O3. The summed E-state index contributed by atoms with van der Waals surface area (Å²) in [5.41, 5.74) is 0.854. The maximum atomic E-state index is 9.26. The standard InChI is InChI=1S/C9H16N2O3/c1-6-7(2)14-9(5-10-6)11-3-8(12)4-13-9/h7-8,10-12H,1,3-5H2,2H3. The molecule has 2 saturated heterocycles. The van der Waals surface area contributed by atoms with Gasteiger partial charge in [0.2, 0.25) is 5.91 Å². The van der Waals surface area contributed by atoms with E-state index in [1.807, 2.05) is 6.92 Å². The van der Waals surface area contributed by atoms with Crippen LogP contribution in [0, 0.1) is 0 Å². The highest BCUT2D eigenvalue weighted by atomic mass is 16.7. The molecule has 0 amide bonds. The molecule has 0 bridgehead atoms. The van der Waals surface area contributed by atoms with Crippen LogP contribution in [0.2, 0.25) is 0 Å². The monoisotopic (exact) mass is 200 g/mol. The minimum absolute atomic E-state index is 0.0912. The highest BCUT2D eigenvalue weighted by molar-refractivity contribution is 5.03. The van der Waals surface area contributed by atoms with Gasteiger partial charge in [-0.1, -0.05) is 6.58 Å². The maximum Gasteiger partial charge on any atom is 0.246 e. The summed E-state index contributed by atoms with van der Waals surface area (Å²) < 4.78 is 11.1. The second kappa shape index (κ2) is 3.51. The lowest BCUT2D eigenvalue weighted by Gasteiger charge is -2.44. The molecule has 0 radical (unpaired) electrons. The van der Waals surface area contributed by atoms with Gasteiger partial charge in [-0.05, 0) is 6.92 Å².